The number of carbonyl (C=O) groups is 1. The summed E-state index contributed by atoms with van der Waals surface area (Å²) in [6.45, 7) is 2.25. The molecule has 0 aromatic rings. The summed E-state index contributed by atoms with van der Waals surface area (Å²) in [5.74, 6) is -0.424. The molecule has 1 unspecified atom stereocenters. The number of hydrogen-bond donors (Lipinski definition) is 1. The summed E-state index contributed by atoms with van der Waals surface area (Å²) in [6.07, 6.45) is 13.4. The van der Waals surface area contributed by atoms with Crippen LogP contribution >= 0.6 is 0 Å². The van der Waals surface area contributed by atoms with E-state index in [1.54, 1.807) is 0 Å². The molecule has 0 aromatic heterocycles. The van der Waals surface area contributed by atoms with Gasteiger partial charge < -0.3 is 9.84 Å². The molecule has 3 heteroatoms. The van der Waals surface area contributed by atoms with E-state index in [0.717, 1.165) is 19.3 Å². The van der Waals surface area contributed by atoms with Gasteiger partial charge in [0, 0.05) is 0 Å². The van der Waals surface area contributed by atoms with E-state index in [0.29, 0.717) is 6.42 Å². The van der Waals surface area contributed by atoms with Crippen molar-refractivity contribution in [3.05, 3.63) is 0 Å². The number of aliphatic hydroxyl groups is 1. The molecule has 1 rings (SSSR count). The zero-order chi connectivity index (χ0) is 13.9. The Morgan fingerprint density at radius 3 is 2.16 bits per heavy atom. The first-order valence-corrected chi connectivity index (χ1v) is 8.12. The molecule has 1 N–H and O–H groups in total. The van der Waals surface area contributed by atoms with Gasteiger partial charge in [-0.15, -0.1) is 0 Å². The largest absolute Gasteiger partial charge is 0.460 e. The number of cyclic esters (lactones) is 1. The van der Waals surface area contributed by atoms with Gasteiger partial charge in [0.05, 0.1) is 0 Å². The maximum Gasteiger partial charge on any atom is 0.335 e. The first-order valence-electron chi connectivity index (χ1n) is 8.12. The Morgan fingerprint density at radius 2 is 1.58 bits per heavy atom. The lowest BCUT2D eigenvalue weighted by molar-refractivity contribution is -0.167. The number of rotatable bonds is 10. The zero-order valence-electron chi connectivity index (χ0n) is 12.4. The molecule has 1 aliphatic rings. The number of carbonyl (C=O) groups excluding carboxylic acids is 1. The van der Waals surface area contributed by atoms with Crippen LogP contribution in [0.15, 0.2) is 0 Å². The highest BCUT2D eigenvalue weighted by atomic mass is 16.6. The van der Waals surface area contributed by atoms with Crippen molar-refractivity contribution < 1.29 is 14.6 Å². The van der Waals surface area contributed by atoms with E-state index in [9.17, 15) is 9.90 Å². The molecule has 1 saturated heterocycles. The summed E-state index contributed by atoms with van der Waals surface area (Å²) >= 11 is 0. The van der Waals surface area contributed by atoms with Crippen LogP contribution in [-0.4, -0.2) is 23.3 Å². The van der Waals surface area contributed by atoms with Gasteiger partial charge in [-0.05, 0) is 25.7 Å². The SMILES string of the molecule is CCCCCCCCCCCC1CC[C@@H](O)C(=O)O1. The highest BCUT2D eigenvalue weighted by molar-refractivity contribution is 5.75. The van der Waals surface area contributed by atoms with Gasteiger partial charge in [-0.2, -0.15) is 0 Å². The molecule has 0 bridgehead atoms. The van der Waals surface area contributed by atoms with E-state index in [-0.39, 0.29) is 6.10 Å². The Morgan fingerprint density at radius 1 is 1.00 bits per heavy atom. The topological polar surface area (TPSA) is 46.5 Å². The van der Waals surface area contributed by atoms with Crippen LogP contribution in [0.5, 0.6) is 0 Å². The second-order valence-electron chi connectivity index (χ2n) is 5.77. The third-order valence-corrected chi connectivity index (χ3v) is 3.95. The molecule has 0 spiro atoms. The molecule has 19 heavy (non-hydrogen) atoms. The van der Waals surface area contributed by atoms with E-state index in [1.165, 1.54) is 51.4 Å². The number of esters is 1. The lowest BCUT2D eigenvalue weighted by atomic mass is 10.0. The van der Waals surface area contributed by atoms with Gasteiger partial charge in [0.15, 0.2) is 6.10 Å². The van der Waals surface area contributed by atoms with Crippen molar-refractivity contribution in [2.75, 3.05) is 0 Å². The third kappa shape index (κ3) is 7.56. The second-order valence-corrected chi connectivity index (χ2v) is 5.77. The van der Waals surface area contributed by atoms with E-state index >= 15 is 0 Å². The average molecular weight is 270 g/mol. The van der Waals surface area contributed by atoms with Crippen LogP contribution < -0.4 is 0 Å². The van der Waals surface area contributed by atoms with Gasteiger partial charge >= 0.3 is 5.97 Å². The summed E-state index contributed by atoms with van der Waals surface area (Å²) in [4.78, 5) is 11.2. The summed E-state index contributed by atoms with van der Waals surface area (Å²) in [6, 6.07) is 0. The van der Waals surface area contributed by atoms with Crippen molar-refractivity contribution in [3.63, 3.8) is 0 Å². The van der Waals surface area contributed by atoms with Gasteiger partial charge in [-0.3, -0.25) is 0 Å². The summed E-state index contributed by atoms with van der Waals surface area (Å²) < 4.78 is 5.18. The van der Waals surface area contributed by atoms with Crippen molar-refractivity contribution in [2.24, 2.45) is 0 Å². The van der Waals surface area contributed by atoms with Crippen molar-refractivity contribution in [3.8, 4) is 0 Å². The van der Waals surface area contributed by atoms with Crippen molar-refractivity contribution in [1.82, 2.24) is 0 Å². The molecule has 3 nitrogen and oxygen atoms in total. The van der Waals surface area contributed by atoms with E-state index < -0.39 is 12.1 Å². The quantitative estimate of drug-likeness (QED) is 0.482. The van der Waals surface area contributed by atoms with Crippen LogP contribution in [0, 0.1) is 0 Å². The molecular formula is C16H30O3. The molecule has 2 atom stereocenters. The fourth-order valence-electron chi connectivity index (χ4n) is 2.65. The Hall–Kier alpha value is -0.570. The van der Waals surface area contributed by atoms with E-state index in [1.807, 2.05) is 0 Å². The smallest absolute Gasteiger partial charge is 0.335 e. The number of aliphatic hydroxyl groups excluding tert-OH is 1. The minimum Gasteiger partial charge on any atom is -0.460 e. The van der Waals surface area contributed by atoms with Crippen LogP contribution in [0.25, 0.3) is 0 Å². The molecule has 1 fully saturated rings. The lowest BCUT2D eigenvalue weighted by Gasteiger charge is -2.25. The Labute approximate surface area is 117 Å². The Kier molecular flexibility index (Phi) is 8.89. The molecule has 0 saturated carbocycles. The van der Waals surface area contributed by atoms with Gasteiger partial charge in [0.25, 0.3) is 0 Å². The highest BCUT2D eigenvalue weighted by Crippen LogP contribution is 2.20. The number of ether oxygens (including phenoxy) is 1. The molecule has 0 aromatic carbocycles. The summed E-state index contributed by atoms with van der Waals surface area (Å²) in [5.41, 5.74) is 0. The summed E-state index contributed by atoms with van der Waals surface area (Å²) in [5, 5.41) is 9.25. The van der Waals surface area contributed by atoms with E-state index in [4.69, 9.17) is 4.74 Å². The molecule has 0 aliphatic carbocycles. The van der Waals surface area contributed by atoms with Gasteiger partial charge in [-0.1, -0.05) is 58.3 Å². The van der Waals surface area contributed by atoms with E-state index in [2.05, 4.69) is 6.92 Å². The average Bonchev–Trinajstić information content (AvgIpc) is 2.41. The Balaban J connectivity index is 1.87. The molecule has 1 heterocycles. The van der Waals surface area contributed by atoms with Crippen LogP contribution in [0.2, 0.25) is 0 Å². The summed E-state index contributed by atoms with van der Waals surface area (Å²) in [7, 11) is 0. The van der Waals surface area contributed by atoms with Crippen LogP contribution in [0.4, 0.5) is 0 Å². The lowest BCUT2D eigenvalue weighted by Crippen LogP contribution is -2.34. The predicted molar refractivity (Wildman–Crippen MR) is 77.0 cm³/mol. The monoisotopic (exact) mass is 270 g/mol. The first kappa shape index (κ1) is 16.5. The minimum absolute atomic E-state index is 0.0560. The maximum atomic E-state index is 11.2. The van der Waals surface area contributed by atoms with Gasteiger partial charge in [-0.25, -0.2) is 4.79 Å². The molecule has 0 radical (unpaired) electrons. The normalized spacial score (nSPS) is 23.4. The third-order valence-electron chi connectivity index (χ3n) is 3.95. The van der Waals surface area contributed by atoms with Gasteiger partial charge in [0.1, 0.15) is 6.10 Å². The second kappa shape index (κ2) is 10.2. The standard InChI is InChI=1S/C16H30O3/c1-2-3-4-5-6-7-8-9-10-11-14-12-13-15(17)16(18)19-14/h14-15,17H,2-13H2,1H3/t14?,15-/m1/s1. The molecule has 1 aliphatic heterocycles. The number of unbranched alkanes of at least 4 members (excludes halogenated alkanes) is 8. The Bertz CT molecular complexity index is 240. The molecular weight excluding hydrogens is 240 g/mol. The maximum absolute atomic E-state index is 11.2. The zero-order valence-corrected chi connectivity index (χ0v) is 12.4. The first-order chi connectivity index (χ1) is 9.24. The fraction of sp³-hybridized carbons (Fsp3) is 0.938. The molecule has 0 amide bonds. The van der Waals surface area contributed by atoms with Gasteiger partial charge in [0.2, 0.25) is 0 Å². The number of hydrogen-bond acceptors (Lipinski definition) is 3. The highest BCUT2D eigenvalue weighted by Gasteiger charge is 2.27. The van der Waals surface area contributed by atoms with Crippen molar-refractivity contribution in [1.29, 1.82) is 0 Å². The van der Waals surface area contributed by atoms with Crippen LogP contribution in [-0.2, 0) is 9.53 Å². The predicted octanol–water partition coefficient (Wildman–Crippen LogP) is 3.97. The fourth-order valence-corrected chi connectivity index (χ4v) is 2.65. The van der Waals surface area contributed by atoms with Crippen molar-refractivity contribution >= 4 is 5.97 Å². The molecule has 112 valence electrons. The van der Waals surface area contributed by atoms with Crippen LogP contribution in [0.1, 0.15) is 84.0 Å². The van der Waals surface area contributed by atoms with Crippen molar-refractivity contribution in [2.45, 2.75) is 96.2 Å². The van der Waals surface area contributed by atoms with Crippen LogP contribution in [0.3, 0.4) is 0 Å². The minimum atomic E-state index is -0.876.